The minimum absolute atomic E-state index is 0.0211. The van der Waals surface area contributed by atoms with Crippen LogP contribution in [0.5, 0.6) is 17.2 Å². The first kappa shape index (κ1) is 19.0. The molecule has 0 aliphatic heterocycles. The van der Waals surface area contributed by atoms with E-state index < -0.39 is 5.91 Å². The molecule has 3 rings (SSSR count). The number of benzene rings is 2. The maximum absolute atomic E-state index is 12.6. The summed E-state index contributed by atoms with van der Waals surface area (Å²) in [5.41, 5.74) is 7.47. The smallest absolute Gasteiger partial charge is 0.280 e. The molecule has 28 heavy (non-hydrogen) atoms. The largest absolute Gasteiger partial charge is 0.497 e. The van der Waals surface area contributed by atoms with Crippen LogP contribution < -0.4 is 25.3 Å². The predicted molar refractivity (Wildman–Crippen MR) is 104 cm³/mol. The van der Waals surface area contributed by atoms with Crippen LogP contribution >= 0.6 is 0 Å². The van der Waals surface area contributed by atoms with Gasteiger partial charge in [-0.1, -0.05) is 17.3 Å². The van der Waals surface area contributed by atoms with Crippen LogP contribution in [0.4, 0.5) is 11.5 Å². The first-order chi connectivity index (χ1) is 13.5. The number of aromatic nitrogens is 3. The third-order valence-corrected chi connectivity index (χ3v) is 4.11. The number of ether oxygens (including phenoxy) is 3. The van der Waals surface area contributed by atoms with E-state index in [-0.39, 0.29) is 11.5 Å². The van der Waals surface area contributed by atoms with Crippen LogP contribution in [-0.2, 0) is 6.54 Å². The Bertz CT molecular complexity index is 986. The fourth-order valence-electron chi connectivity index (χ4n) is 2.64. The minimum Gasteiger partial charge on any atom is -0.497 e. The monoisotopic (exact) mass is 383 g/mol. The average Bonchev–Trinajstić information content (AvgIpc) is 3.08. The maximum atomic E-state index is 12.6. The molecule has 0 atom stereocenters. The zero-order chi connectivity index (χ0) is 20.1. The Hall–Kier alpha value is -3.75. The molecule has 3 aromatic rings. The molecule has 0 saturated carbocycles. The van der Waals surface area contributed by atoms with Gasteiger partial charge in [-0.2, -0.15) is 0 Å². The SMILES string of the molecule is COc1cccc(Cn2nnc(C(=O)Nc3cc(OC)ccc3OC)c2N)c1. The summed E-state index contributed by atoms with van der Waals surface area (Å²) in [6, 6.07) is 12.5. The Kier molecular flexibility index (Phi) is 5.64. The normalized spacial score (nSPS) is 10.4. The van der Waals surface area contributed by atoms with Gasteiger partial charge in [-0.3, -0.25) is 4.79 Å². The van der Waals surface area contributed by atoms with Gasteiger partial charge >= 0.3 is 0 Å². The Labute approximate surface area is 162 Å². The molecule has 2 aromatic carbocycles. The molecule has 1 amide bonds. The molecule has 0 saturated heterocycles. The molecule has 0 radical (unpaired) electrons. The molecular formula is C19H21N5O4. The molecule has 9 heteroatoms. The number of hydrogen-bond donors (Lipinski definition) is 2. The topological polar surface area (TPSA) is 114 Å². The summed E-state index contributed by atoms with van der Waals surface area (Å²) in [7, 11) is 4.64. The predicted octanol–water partition coefficient (Wildman–Crippen LogP) is 2.19. The number of nitrogens with one attached hydrogen (secondary N) is 1. The van der Waals surface area contributed by atoms with Crippen LogP contribution in [0.15, 0.2) is 42.5 Å². The van der Waals surface area contributed by atoms with E-state index in [1.807, 2.05) is 24.3 Å². The molecule has 0 fully saturated rings. The van der Waals surface area contributed by atoms with Crippen LogP contribution in [0.2, 0.25) is 0 Å². The Balaban J connectivity index is 1.80. The van der Waals surface area contributed by atoms with Crippen molar-refractivity contribution in [3.05, 3.63) is 53.7 Å². The van der Waals surface area contributed by atoms with Crippen molar-refractivity contribution in [1.82, 2.24) is 15.0 Å². The lowest BCUT2D eigenvalue weighted by atomic mass is 10.2. The van der Waals surface area contributed by atoms with Crippen molar-refractivity contribution in [2.24, 2.45) is 0 Å². The Morgan fingerprint density at radius 2 is 1.82 bits per heavy atom. The van der Waals surface area contributed by atoms with Crippen molar-refractivity contribution in [1.29, 1.82) is 0 Å². The Morgan fingerprint density at radius 1 is 1.07 bits per heavy atom. The summed E-state index contributed by atoms with van der Waals surface area (Å²) in [6.07, 6.45) is 0. The number of rotatable bonds is 7. The molecule has 0 unspecified atom stereocenters. The van der Waals surface area contributed by atoms with E-state index in [1.54, 1.807) is 25.3 Å². The van der Waals surface area contributed by atoms with Crippen LogP contribution in [0.25, 0.3) is 0 Å². The first-order valence-electron chi connectivity index (χ1n) is 8.41. The van der Waals surface area contributed by atoms with Gasteiger partial charge in [-0.05, 0) is 29.8 Å². The number of amides is 1. The molecular weight excluding hydrogens is 362 g/mol. The van der Waals surface area contributed by atoms with Crippen molar-refractivity contribution >= 4 is 17.4 Å². The van der Waals surface area contributed by atoms with Crippen molar-refractivity contribution in [2.45, 2.75) is 6.54 Å². The summed E-state index contributed by atoms with van der Waals surface area (Å²) >= 11 is 0. The number of nitrogens with two attached hydrogens (primary N) is 1. The molecule has 3 N–H and O–H groups in total. The number of anilines is 2. The van der Waals surface area contributed by atoms with Crippen LogP contribution in [-0.4, -0.2) is 42.2 Å². The quantitative estimate of drug-likeness (QED) is 0.643. The number of methoxy groups -OCH3 is 3. The fourth-order valence-corrected chi connectivity index (χ4v) is 2.64. The van der Waals surface area contributed by atoms with E-state index in [0.717, 1.165) is 11.3 Å². The fraction of sp³-hybridized carbons (Fsp3) is 0.211. The third kappa shape index (κ3) is 3.98. The van der Waals surface area contributed by atoms with Gasteiger partial charge in [0.15, 0.2) is 11.5 Å². The summed E-state index contributed by atoms with van der Waals surface area (Å²) < 4.78 is 17.1. The second kappa shape index (κ2) is 8.30. The van der Waals surface area contributed by atoms with E-state index in [0.29, 0.717) is 23.7 Å². The highest BCUT2D eigenvalue weighted by Gasteiger charge is 2.19. The van der Waals surface area contributed by atoms with Crippen LogP contribution in [0.3, 0.4) is 0 Å². The average molecular weight is 383 g/mol. The van der Waals surface area contributed by atoms with Crippen LogP contribution in [0, 0.1) is 0 Å². The minimum atomic E-state index is -0.499. The number of nitrogens with zero attached hydrogens (tertiary/aromatic N) is 3. The molecule has 0 aliphatic rings. The molecule has 0 aliphatic carbocycles. The van der Waals surface area contributed by atoms with Crippen molar-refractivity contribution < 1.29 is 19.0 Å². The van der Waals surface area contributed by atoms with Gasteiger partial charge in [-0.25, -0.2) is 4.68 Å². The highest BCUT2D eigenvalue weighted by Crippen LogP contribution is 2.29. The molecule has 146 valence electrons. The standard InChI is InChI=1S/C19H21N5O4/c1-26-13-6-4-5-12(9-13)11-24-18(20)17(22-23-24)19(25)21-15-10-14(27-2)7-8-16(15)28-3/h4-10H,11,20H2,1-3H3,(H,21,25). The number of carbonyl (C=O) groups is 1. The zero-order valence-corrected chi connectivity index (χ0v) is 15.8. The maximum Gasteiger partial charge on any atom is 0.280 e. The Morgan fingerprint density at radius 3 is 2.54 bits per heavy atom. The third-order valence-electron chi connectivity index (χ3n) is 4.11. The zero-order valence-electron chi connectivity index (χ0n) is 15.8. The van der Waals surface area contributed by atoms with E-state index in [9.17, 15) is 4.79 Å². The van der Waals surface area contributed by atoms with Gasteiger partial charge in [0.25, 0.3) is 5.91 Å². The van der Waals surface area contributed by atoms with Crippen molar-refractivity contribution in [2.75, 3.05) is 32.4 Å². The van der Waals surface area contributed by atoms with Crippen LogP contribution in [0.1, 0.15) is 16.1 Å². The molecule has 1 aromatic heterocycles. The second-order valence-corrected chi connectivity index (χ2v) is 5.85. The molecule has 0 bridgehead atoms. The summed E-state index contributed by atoms with van der Waals surface area (Å²) in [5.74, 6) is 1.43. The molecule has 9 nitrogen and oxygen atoms in total. The highest BCUT2D eigenvalue weighted by atomic mass is 16.5. The highest BCUT2D eigenvalue weighted by molar-refractivity contribution is 6.06. The number of hydrogen-bond acceptors (Lipinski definition) is 7. The second-order valence-electron chi connectivity index (χ2n) is 5.85. The van der Waals surface area contributed by atoms with Gasteiger partial charge in [-0.15, -0.1) is 5.10 Å². The number of nitrogen functional groups attached to an aromatic ring is 1. The lowest BCUT2D eigenvalue weighted by Crippen LogP contribution is -2.16. The van der Waals surface area contributed by atoms with E-state index in [1.165, 1.54) is 18.9 Å². The van der Waals surface area contributed by atoms with Gasteiger partial charge in [0.1, 0.15) is 17.2 Å². The lowest BCUT2D eigenvalue weighted by molar-refractivity contribution is 0.102. The van der Waals surface area contributed by atoms with Gasteiger partial charge in [0.05, 0.1) is 33.6 Å². The van der Waals surface area contributed by atoms with Gasteiger partial charge in [0, 0.05) is 6.07 Å². The van der Waals surface area contributed by atoms with Gasteiger partial charge in [0.2, 0.25) is 0 Å². The summed E-state index contributed by atoms with van der Waals surface area (Å²) in [6.45, 7) is 0.353. The molecule has 0 spiro atoms. The molecule has 1 heterocycles. The van der Waals surface area contributed by atoms with Crippen molar-refractivity contribution in [3.63, 3.8) is 0 Å². The first-order valence-corrected chi connectivity index (χ1v) is 8.41. The van der Waals surface area contributed by atoms with E-state index in [2.05, 4.69) is 15.6 Å². The van der Waals surface area contributed by atoms with E-state index >= 15 is 0 Å². The van der Waals surface area contributed by atoms with E-state index in [4.69, 9.17) is 19.9 Å². The van der Waals surface area contributed by atoms with Crippen molar-refractivity contribution in [3.8, 4) is 17.2 Å². The van der Waals surface area contributed by atoms with Gasteiger partial charge < -0.3 is 25.3 Å². The summed E-state index contributed by atoms with van der Waals surface area (Å²) in [5, 5.41) is 10.6. The lowest BCUT2D eigenvalue weighted by Gasteiger charge is -2.11. The number of carbonyl (C=O) groups excluding carboxylic acids is 1. The summed E-state index contributed by atoms with van der Waals surface area (Å²) in [4.78, 5) is 12.6.